The van der Waals surface area contributed by atoms with Crippen molar-refractivity contribution in [2.24, 2.45) is 11.8 Å². The van der Waals surface area contributed by atoms with Gasteiger partial charge >= 0.3 is 0 Å². The van der Waals surface area contributed by atoms with Gasteiger partial charge in [-0.15, -0.1) is 0 Å². The van der Waals surface area contributed by atoms with E-state index in [9.17, 15) is 14.4 Å². The van der Waals surface area contributed by atoms with Crippen LogP contribution < -0.4 is 0 Å². The highest BCUT2D eigenvalue weighted by molar-refractivity contribution is 5.97. The smallest absolute Gasteiger partial charge is 0.227 e. The first-order valence-corrected chi connectivity index (χ1v) is 10.7. The Bertz CT molecular complexity index is 722. The Morgan fingerprint density at radius 3 is 2.43 bits per heavy atom. The van der Waals surface area contributed by atoms with Crippen LogP contribution in [0.25, 0.3) is 0 Å². The van der Waals surface area contributed by atoms with Crippen LogP contribution in [0, 0.1) is 11.8 Å². The van der Waals surface area contributed by atoms with Crippen molar-refractivity contribution in [2.75, 3.05) is 19.6 Å². The monoisotopic (exact) mass is 383 g/mol. The van der Waals surface area contributed by atoms with Crippen molar-refractivity contribution >= 4 is 17.6 Å². The largest absolute Gasteiger partial charge is 0.342 e. The van der Waals surface area contributed by atoms with Crippen molar-refractivity contribution in [1.29, 1.82) is 0 Å². The summed E-state index contributed by atoms with van der Waals surface area (Å²) in [6, 6.07) is 3.92. The Morgan fingerprint density at radius 1 is 1.00 bits per heavy atom. The fourth-order valence-corrected chi connectivity index (χ4v) is 5.01. The van der Waals surface area contributed by atoms with E-state index in [-0.39, 0.29) is 29.4 Å². The van der Waals surface area contributed by atoms with Crippen molar-refractivity contribution in [3.05, 3.63) is 30.1 Å². The third-order valence-corrected chi connectivity index (χ3v) is 6.65. The van der Waals surface area contributed by atoms with Gasteiger partial charge in [-0.1, -0.05) is 19.3 Å². The fraction of sp³-hybridized carbons (Fsp3) is 0.636. The molecule has 1 atom stereocenters. The summed E-state index contributed by atoms with van der Waals surface area (Å²) in [4.78, 5) is 45.9. The minimum absolute atomic E-state index is 0.0443. The number of likely N-dealkylation sites (tertiary alicyclic amines) is 2. The second-order valence-electron chi connectivity index (χ2n) is 8.44. The molecule has 1 aromatic rings. The molecule has 4 rings (SSSR count). The quantitative estimate of drug-likeness (QED) is 0.750. The van der Waals surface area contributed by atoms with Crippen LogP contribution in [0.1, 0.15) is 61.7 Å². The molecule has 2 aliphatic heterocycles. The van der Waals surface area contributed by atoms with E-state index < -0.39 is 0 Å². The van der Waals surface area contributed by atoms with Crippen LogP contribution in [-0.4, -0.2) is 58.1 Å². The number of Topliss-reactive ketones (excluding diaryl/α,β-unsaturated/α-hetero) is 1. The summed E-state index contributed by atoms with van der Waals surface area (Å²) in [6.45, 7) is 1.78. The van der Waals surface area contributed by atoms with Crippen LogP contribution in [-0.2, 0) is 9.59 Å². The maximum Gasteiger partial charge on any atom is 0.227 e. The Balaban J connectivity index is 1.30. The van der Waals surface area contributed by atoms with Crippen LogP contribution >= 0.6 is 0 Å². The lowest BCUT2D eigenvalue weighted by Crippen LogP contribution is -2.44. The van der Waals surface area contributed by atoms with Crippen molar-refractivity contribution in [1.82, 2.24) is 14.8 Å². The van der Waals surface area contributed by atoms with Gasteiger partial charge in [-0.05, 0) is 37.8 Å². The summed E-state index contributed by atoms with van der Waals surface area (Å²) in [5.41, 5.74) is 0.650. The second kappa shape index (κ2) is 8.41. The Hall–Kier alpha value is -2.24. The van der Waals surface area contributed by atoms with Gasteiger partial charge in [0.25, 0.3) is 0 Å². The molecule has 2 amide bonds. The summed E-state index contributed by atoms with van der Waals surface area (Å²) in [6.07, 6.45) is 10.8. The number of nitrogens with zero attached hydrogens (tertiary/aromatic N) is 3. The highest BCUT2D eigenvalue weighted by Crippen LogP contribution is 2.30. The van der Waals surface area contributed by atoms with Gasteiger partial charge in [0, 0.05) is 56.0 Å². The maximum absolute atomic E-state index is 13.0. The third kappa shape index (κ3) is 3.96. The third-order valence-electron chi connectivity index (χ3n) is 6.65. The number of rotatable bonds is 4. The van der Waals surface area contributed by atoms with Gasteiger partial charge in [0.1, 0.15) is 0 Å². The Morgan fingerprint density at radius 2 is 1.75 bits per heavy atom. The number of hydrogen-bond donors (Lipinski definition) is 0. The van der Waals surface area contributed by atoms with E-state index >= 15 is 0 Å². The number of pyridine rings is 1. The van der Waals surface area contributed by atoms with Gasteiger partial charge in [0.15, 0.2) is 5.78 Å². The van der Waals surface area contributed by atoms with Gasteiger partial charge in [-0.3, -0.25) is 19.4 Å². The fourth-order valence-electron chi connectivity index (χ4n) is 5.01. The molecule has 0 bridgehead atoms. The molecule has 1 saturated carbocycles. The zero-order chi connectivity index (χ0) is 19.5. The molecule has 0 radical (unpaired) electrons. The van der Waals surface area contributed by atoms with Crippen molar-refractivity contribution in [3.8, 4) is 0 Å². The minimum Gasteiger partial charge on any atom is -0.342 e. The second-order valence-corrected chi connectivity index (χ2v) is 8.44. The predicted molar refractivity (Wildman–Crippen MR) is 105 cm³/mol. The standard InChI is InChI=1S/C22H29N3O3/c26-20-13-18(15-25(20)19-6-2-1-3-7-19)22(28)24-11-8-16(9-12-24)21(27)17-5-4-10-23-14-17/h4-5,10,14,16,18-19H,1-3,6-9,11-13,15H2/t18-/m1/s1. The SMILES string of the molecule is O=C(c1cccnc1)C1CCN(C(=O)[C@@H]2CC(=O)N(C3CCCCC3)C2)CC1. The molecule has 0 unspecified atom stereocenters. The molecule has 3 fully saturated rings. The summed E-state index contributed by atoms with van der Waals surface area (Å²) in [5.74, 6) is 0.114. The van der Waals surface area contributed by atoms with E-state index in [1.807, 2.05) is 9.80 Å². The van der Waals surface area contributed by atoms with Crippen molar-refractivity contribution < 1.29 is 14.4 Å². The first-order chi connectivity index (χ1) is 13.6. The van der Waals surface area contributed by atoms with E-state index in [0.717, 1.165) is 12.8 Å². The number of piperidine rings is 1. The van der Waals surface area contributed by atoms with E-state index in [4.69, 9.17) is 0 Å². The van der Waals surface area contributed by atoms with Gasteiger partial charge in [0.2, 0.25) is 11.8 Å². The van der Waals surface area contributed by atoms with Crippen molar-refractivity contribution in [2.45, 2.75) is 57.4 Å². The molecule has 0 spiro atoms. The summed E-state index contributed by atoms with van der Waals surface area (Å²) < 4.78 is 0. The first kappa shape index (κ1) is 19.1. The summed E-state index contributed by atoms with van der Waals surface area (Å²) >= 11 is 0. The molecule has 2 saturated heterocycles. The molecular weight excluding hydrogens is 354 g/mol. The van der Waals surface area contributed by atoms with Crippen LogP contribution in [0.3, 0.4) is 0 Å². The lowest BCUT2D eigenvalue weighted by molar-refractivity contribution is -0.137. The highest BCUT2D eigenvalue weighted by atomic mass is 16.2. The van der Waals surface area contributed by atoms with Gasteiger partial charge in [0.05, 0.1) is 5.92 Å². The summed E-state index contributed by atoms with van der Waals surface area (Å²) in [7, 11) is 0. The lowest BCUT2D eigenvalue weighted by atomic mass is 9.89. The average Bonchev–Trinajstić information content (AvgIpc) is 3.15. The molecule has 6 heteroatoms. The number of aromatic nitrogens is 1. The normalized spacial score (nSPS) is 24.6. The molecule has 3 heterocycles. The van der Waals surface area contributed by atoms with E-state index in [2.05, 4.69) is 4.98 Å². The van der Waals surface area contributed by atoms with E-state index in [1.54, 1.807) is 24.5 Å². The molecule has 0 N–H and O–H groups in total. The number of hydrogen-bond acceptors (Lipinski definition) is 4. The Kier molecular flexibility index (Phi) is 5.74. The number of carbonyl (C=O) groups excluding carboxylic acids is 3. The zero-order valence-electron chi connectivity index (χ0n) is 16.4. The molecular formula is C22H29N3O3. The maximum atomic E-state index is 13.0. The molecule has 1 aromatic heterocycles. The minimum atomic E-state index is -0.208. The van der Waals surface area contributed by atoms with Crippen LogP contribution in [0.2, 0.25) is 0 Å². The molecule has 1 aliphatic carbocycles. The Labute approximate surface area is 166 Å². The average molecular weight is 383 g/mol. The van der Waals surface area contributed by atoms with E-state index in [0.29, 0.717) is 50.5 Å². The number of ketones is 1. The van der Waals surface area contributed by atoms with Crippen LogP contribution in [0.15, 0.2) is 24.5 Å². The first-order valence-electron chi connectivity index (χ1n) is 10.7. The van der Waals surface area contributed by atoms with Gasteiger partial charge < -0.3 is 9.80 Å². The molecule has 150 valence electrons. The molecule has 0 aromatic carbocycles. The summed E-state index contributed by atoms with van der Waals surface area (Å²) in [5, 5.41) is 0. The lowest BCUT2D eigenvalue weighted by Gasteiger charge is -2.34. The van der Waals surface area contributed by atoms with Gasteiger partial charge in [-0.25, -0.2) is 0 Å². The van der Waals surface area contributed by atoms with Crippen LogP contribution in [0.4, 0.5) is 0 Å². The topological polar surface area (TPSA) is 70.6 Å². The molecule has 3 aliphatic rings. The molecule has 6 nitrogen and oxygen atoms in total. The zero-order valence-corrected chi connectivity index (χ0v) is 16.4. The van der Waals surface area contributed by atoms with E-state index in [1.165, 1.54) is 19.3 Å². The highest BCUT2D eigenvalue weighted by Gasteiger charge is 2.40. The van der Waals surface area contributed by atoms with Crippen molar-refractivity contribution in [3.63, 3.8) is 0 Å². The predicted octanol–water partition coefficient (Wildman–Crippen LogP) is 2.68. The van der Waals surface area contributed by atoms with Gasteiger partial charge in [-0.2, -0.15) is 0 Å². The number of amides is 2. The molecule has 28 heavy (non-hydrogen) atoms. The van der Waals surface area contributed by atoms with Crippen LogP contribution in [0.5, 0.6) is 0 Å². The number of carbonyl (C=O) groups is 3.